The summed E-state index contributed by atoms with van der Waals surface area (Å²) in [6.07, 6.45) is 3.21. The molecule has 0 amide bonds. The number of ketones is 2. The summed E-state index contributed by atoms with van der Waals surface area (Å²) in [6, 6.07) is 11.8. The fourth-order valence-electron chi connectivity index (χ4n) is 3.71. The Bertz CT molecular complexity index is 1170. The highest BCUT2D eigenvalue weighted by molar-refractivity contribution is 7.89. The molecule has 0 radical (unpaired) electrons. The molecule has 3 rings (SSSR count). The van der Waals surface area contributed by atoms with Crippen LogP contribution in [0.15, 0.2) is 59.1 Å². The third-order valence-electron chi connectivity index (χ3n) is 5.30. The molecule has 1 aliphatic rings. The first-order valence-corrected chi connectivity index (χ1v) is 12.2. The summed E-state index contributed by atoms with van der Waals surface area (Å²) in [6.45, 7) is 8.37. The van der Waals surface area contributed by atoms with Crippen LogP contribution < -0.4 is 15.4 Å². The fourth-order valence-corrected chi connectivity index (χ4v) is 4.47. The number of sulfonamides is 1. The summed E-state index contributed by atoms with van der Waals surface area (Å²) >= 11 is 0. The van der Waals surface area contributed by atoms with Gasteiger partial charge in [0, 0.05) is 36.1 Å². The Morgan fingerprint density at radius 3 is 2.44 bits per heavy atom. The van der Waals surface area contributed by atoms with Crippen molar-refractivity contribution in [2.45, 2.75) is 38.5 Å². The van der Waals surface area contributed by atoms with Gasteiger partial charge in [0.1, 0.15) is 0 Å². The number of allylic oxidation sites excluding steroid dienone is 2. The summed E-state index contributed by atoms with van der Waals surface area (Å²) in [5.41, 5.74) is 1.64. The lowest BCUT2D eigenvalue weighted by molar-refractivity contribution is 0.0983. The highest BCUT2D eigenvalue weighted by Gasteiger charge is 2.31. The summed E-state index contributed by atoms with van der Waals surface area (Å²) in [4.78, 5) is 27.7. The molecule has 3 N–H and O–H groups in total. The van der Waals surface area contributed by atoms with Crippen LogP contribution in [-0.2, 0) is 10.0 Å². The maximum atomic E-state index is 13.0. The van der Waals surface area contributed by atoms with Crippen molar-refractivity contribution < 1.29 is 18.0 Å². The maximum Gasteiger partial charge on any atom is 0.238 e. The second-order valence-electron chi connectivity index (χ2n) is 8.32. The molecule has 0 fully saturated rings. The number of hydrogen-bond donors (Lipinski definition) is 2. The molecule has 0 aliphatic heterocycles. The van der Waals surface area contributed by atoms with E-state index in [0.29, 0.717) is 11.6 Å². The van der Waals surface area contributed by atoms with Crippen molar-refractivity contribution in [3.05, 3.63) is 65.4 Å². The van der Waals surface area contributed by atoms with E-state index in [4.69, 9.17) is 5.14 Å². The lowest BCUT2D eigenvalue weighted by Crippen LogP contribution is -2.27. The van der Waals surface area contributed by atoms with E-state index in [1.54, 1.807) is 0 Å². The van der Waals surface area contributed by atoms with Gasteiger partial charge < -0.3 is 10.2 Å². The number of nitrogens with zero attached hydrogens (tertiary/aromatic N) is 1. The molecule has 32 heavy (non-hydrogen) atoms. The lowest BCUT2D eigenvalue weighted by atomic mass is 9.92. The molecule has 0 saturated carbocycles. The van der Waals surface area contributed by atoms with Crippen LogP contribution in [0, 0.1) is 5.92 Å². The zero-order valence-electron chi connectivity index (χ0n) is 18.6. The van der Waals surface area contributed by atoms with Crippen LogP contribution in [0.2, 0.25) is 0 Å². The Morgan fingerprint density at radius 2 is 1.78 bits per heavy atom. The largest absolute Gasteiger partial charge is 0.371 e. The van der Waals surface area contributed by atoms with Crippen LogP contribution in [0.25, 0.3) is 0 Å². The van der Waals surface area contributed by atoms with Crippen molar-refractivity contribution >= 4 is 33.0 Å². The van der Waals surface area contributed by atoms with Crippen molar-refractivity contribution in [3.8, 4) is 0 Å². The molecule has 0 spiro atoms. The second-order valence-corrected chi connectivity index (χ2v) is 9.85. The van der Waals surface area contributed by atoms with Crippen molar-refractivity contribution in [2.24, 2.45) is 11.1 Å². The summed E-state index contributed by atoms with van der Waals surface area (Å²) in [7, 11) is -4.14. The number of hydrogen-bond acceptors (Lipinski definition) is 6. The molecule has 1 aliphatic carbocycles. The number of fused-ring (bicyclic) bond motifs is 1. The van der Waals surface area contributed by atoms with Crippen LogP contribution in [0.4, 0.5) is 11.4 Å². The topological polar surface area (TPSA) is 110 Å². The molecule has 0 heterocycles. The first-order valence-electron chi connectivity index (χ1n) is 10.7. The van der Waals surface area contributed by atoms with E-state index in [0.717, 1.165) is 37.7 Å². The SMILES string of the molecule is CCCN(CCC(C)C)c1cccc(NC2=CC(=O)c3c(cccc3S(N)(=O)=O)C2=O)c1. The Labute approximate surface area is 189 Å². The van der Waals surface area contributed by atoms with Gasteiger partial charge in [-0.1, -0.05) is 39.0 Å². The van der Waals surface area contributed by atoms with Gasteiger partial charge in [-0.05, 0) is 43.0 Å². The van der Waals surface area contributed by atoms with E-state index < -0.39 is 21.6 Å². The third-order valence-corrected chi connectivity index (χ3v) is 6.26. The van der Waals surface area contributed by atoms with Gasteiger partial charge in [-0.2, -0.15) is 0 Å². The van der Waals surface area contributed by atoms with Gasteiger partial charge in [0.15, 0.2) is 5.78 Å². The van der Waals surface area contributed by atoms with Crippen LogP contribution in [0.3, 0.4) is 0 Å². The molecule has 8 heteroatoms. The van der Waals surface area contributed by atoms with E-state index in [1.807, 2.05) is 24.3 Å². The number of primary sulfonamides is 1. The standard InChI is InChI=1S/C24H29N3O4S/c1-4-12-27(13-11-16(2)3)18-8-5-7-17(14-18)26-20-15-21(28)23-19(24(20)29)9-6-10-22(23)32(25,30)31/h5-10,14-16,26H,4,11-13H2,1-3H3,(H2,25,30,31). The highest BCUT2D eigenvalue weighted by Crippen LogP contribution is 2.28. The zero-order chi connectivity index (χ0) is 23.5. The van der Waals surface area contributed by atoms with E-state index in [9.17, 15) is 18.0 Å². The Balaban J connectivity index is 1.89. The molecular weight excluding hydrogens is 426 g/mol. The van der Waals surface area contributed by atoms with E-state index in [-0.39, 0.29) is 21.7 Å². The van der Waals surface area contributed by atoms with Crippen LogP contribution in [-0.4, -0.2) is 33.1 Å². The highest BCUT2D eigenvalue weighted by atomic mass is 32.2. The minimum absolute atomic E-state index is 0.0206. The fraction of sp³-hybridized carbons (Fsp3) is 0.333. The summed E-state index contributed by atoms with van der Waals surface area (Å²) in [5, 5.41) is 8.27. The van der Waals surface area contributed by atoms with Gasteiger partial charge in [-0.3, -0.25) is 9.59 Å². The molecule has 0 atom stereocenters. The quantitative estimate of drug-likeness (QED) is 0.592. The molecule has 2 aromatic rings. The lowest BCUT2D eigenvalue weighted by Gasteiger charge is -2.26. The number of anilines is 2. The number of carbonyl (C=O) groups excluding carboxylic acids is 2. The molecule has 7 nitrogen and oxygen atoms in total. The van der Waals surface area contributed by atoms with Gasteiger partial charge in [-0.25, -0.2) is 13.6 Å². The van der Waals surface area contributed by atoms with Gasteiger partial charge in [-0.15, -0.1) is 0 Å². The zero-order valence-corrected chi connectivity index (χ0v) is 19.4. The molecule has 0 bridgehead atoms. The predicted molar refractivity (Wildman–Crippen MR) is 127 cm³/mol. The predicted octanol–water partition coefficient (Wildman–Crippen LogP) is 3.97. The number of Topliss-reactive ketones (excluding diaryl/α,β-unsaturated/α-hetero) is 1. The average molecular weight is 456 g/mol. The van der Waals surface area contributed by atoms with Crippen LogP contribution in [0.5, 0.6) is 0 Å². The summed E-state index contributed by atoms with van der Waals surface area (Å²) < 4.78 is 23.7. The Hall–Kier alpha value is -2.97. The van der Waals surface area contributed by atoms with Gasteiger partial charge in [0.2, 0.25) is 15.8 Å². The normalized spacial score (nSPS) is 13.7. The number of benzene rings is 2. The van der Waals surface area contributed by atoms with Crippen LogP contribution in [0.1, 0.15) is 54.3 Å². The average Bonchev–Trinajstić information content (AvgIpc) is 2.73. The molecule has 0 unspecified atom stereocenters. The van der Waals surface area contributed by atoms with Crippen molar-refractivity contribution in [2.75, 3.05) is 23.3 Å². The Kier molecular flexibility index (Phi) is 7.16. The van der Waals surface area contributed by atoms with E-state index in [1.165, 1.54) is 18.2 Å². The number of nitrogens with two attached hydrogens (primary N) is 1. The van der Waals surface area contributed by atoms with Crippen molar-refractivity contribution in [3.63, 3.8) is 0 Å². The number of rotatable bonds is 9. The molecule has 0 aromatic heterocycles. The van der Waals surface area contributed by atoms with Gasteiger partial charge >= 0.3 is 0 Å². The number of carbonyl (C=O) groups is 2. The first kappa shape index (κ1) is 23.7. The van der Waals surface area contributed by atoms with Crippen molar-refractivity contribution in [1.29, 1.82) is 0 Å². The number of nitrogens with one attached hydrogen (secondary N) is 1. The second kappa shape index (κ2) is 9.67. The van der Waals surface area contributed by atoms with Gasteiger partial charge in [0.25, 0.3) is 0 Å². The van der Waals surface area contributed by atoms with E-state index >= 15 is 0 Å². The molecule has 170 valence electrons. The monoisotopic (exact) mass is 455 g/mol. The Morgan fingerprint density at radius 1 is 1.06 bits per heavy atom. The minimum Gasteiger partial charge on any atom is -0.371 e. The van der Waals surface area contributed by atoms with Crippen molar-refractivity contribution in [1.82, 2.24) is 0 Å². The third kappa shape index (κ3) is 5.26. The molecular formula is C24H29N3O4S. The summed E-state index contributed by atoms with van der Waals surface area (Å²) in [5.74, 6) is -0.442. The maximum absolute atomic E-state index is 13.0. The molecule has 0 saturated heterocycles. The minimum atomic E-state index is -4.14. The van der Waals surface area contributed by atoms with E-state index in [2.05, 4.69) is 31.0 Å². The smallest absolute Gasteiger partial charge is 0.238 e. The molecule has 2 aromatic carbocycles. The van der Waals surface area contributed by atoms with Crippen LogP contribution >= 0.6 is 0 Å². The van der Waals surface area contributed by atoms with Gasteiger partial charge in [0.05, 0.1) is 16.2 Å². The first-order chi connectivity index (χ1) is 15.1.